The number of likely N-dealkylation sites (tertiary alicyclic amines) is 1. The molecule has 0 aromatic heterocycles. The second-order valence-corrected chi connectivity index (χ2v) is 8.74. The Morgan fingerprint density at radius 3 is 2.53 bits per heavy atom. The number of halogens is 2. The van der Waals surface area contributed by atoms with Crippen molar-refractivity contribution in [2.75, 3.05) is 6.54 Å². The Labute approximate surface area is 180 Å². The lowest BCUT2D eigenvalue weighted by Gasteiger charge is -2.48. The van der Waals surface area contributed by atoms with Crippen molar-refractivity contribution in [1.29, 1.82) is 0 Å². The second-order valence-electron chi connectivity index (χ2n) is 8.31. The summed E-state index contributed by atoms with van der Waals surface area (Å²) in [5, 5.41) is 3.10. The molecule has 2 fully saturated rings. The van der Waals surface area contributed by atoms with Crippen LogP contribution in [0.2, 0.25) is 5.02 Å². The van der Waals surface area contributed by atoms with Crippen LogP contribution in [0.5, 0.6) is 0 Å². The van der Waals surface area contributed by atoms with Gasteiger partial charge in [0.1, 0.15) is 12.2 Å². The van der Waals surface area contributed by atoms with Gasteiger partial charge in [-0.3, -0.25) is 14.4 Å². The summed E-state index contributed by atoms with van der Waals surface area (Å²) in [7, 11) is 0. The molecule has 1 aliphatic heterocycles. The fourth-order valence-corrected chi connectivity index (χ4v) is 4.71. The Bertz CT molecular complexity index is 877. The number of nitrogens with one attached hydrogen (secondary N) is 1. The van der Waals surface area contributed by atoms with E-state index in [0.717, 1.165) is 5.56 Å². The molecule has 3 rings (SSSR count). The van der Waals surface area contributed by atoms with Crippen LogP contribution in [0.25, 0.3) is 0 Å². The van der Waals surface area contributed by atoms with Crippen LogP contribution in [0.1, 0.15) is 38.2 Å². The van der Waals surface area contributed by atoms with Gasteiger partial charge < -0.3 is 16.0 Å². The van der Waals surface area contributed by atoms with E-state index in [1.807, 2.05) is 12.1 Å². The molecule has 160 valence electrons. The van der Waals surface area contributed by atoms with Gasteiger partial charge in [0.05, 0.1) is 24.4 Å². The Morgan fingerprint density at radius 2 is 2.00 bits per heavy atom. The Morgan fingerprint density at radius 1 is 1.37 bits per heavy atom. The zero-order chi connectivity index (χ0) is 22.1. The van der Waals surface area contributed by atoms with Crippen molar-refractivity contribution >= 4 is 29.3 Å². The largest absolute Gasteiger partial charge is 0.370 e. The topological polar surface area (TPSA) is 92.5 Å². The molecule has 1 aromatic rings. The number of carbonyl (C=O) groups is 3. The van der Waals surface area contributed by atoms with E-state index in [0.29, 0.717) is 23.8 Å². The average Bonchev–Trinajstić information content (AvgIpc) is 3.06. The molecule has 3 N–H and O–H groups in total. The molecule has 6 nitrogen and oxygen atoms in total. The van der Waals surface area contributed by atoms with Gasteiger partial charge in [-0.2, -0.15) is 0 Å². The SMILES string of the molecule is C#C[C@H](CC(N)=O)NC(=O)[C@@H]1C[C@@H](F)CN1C(=O)C1(c2ccc(Cl)cc2)CC(C)C1. The summed E-state index contributed by atoms with van der Waals surface area (Å²) in [6.07, 6.45) is 4.93. The lowest BCUT2D eigenvalue weighted by Crippen LogP contribution is -2.58. The molecule has 1 saturated carbocycles. The van der Waals surface area contributed by atoms with E-state index < -0.39 is 35.5 Å². The summed E-state index contributed by atoms with van der Waals surface area (Å²) in [4.78, 5) is 38.8. The first-order valence-electron chi connectivity index (χ1n) is 9.92. The molecule has 1 aromatic carbocycles. The molecular weight excluding hydrogens is 409 g/mol. The predicted molar refractivity (Wildman–Crippen MR) is 111 cm³/mol. The summed E-state index contributed by atoms with van der Waals surface area (Å²) in [6, 6.07) is 5.18. The smallest absolute Gasteiger partial charge is 0.243 e. The highest BCUT2D eigenvalue weighted by molar-refractivity contribution is 6.30. The minimum atomic E-state index is -1.31. The van der Waals surface area contributed by atoms with Crippen molar-refractivity contribution in [3.8, 4) is 12.3 Å². The number of alkyl halides is 1. The first-order chi connectivity index (χ1) is 14.2. The van der Waals surface area contributed by atoms with Gasteiger partial charge in [-0.25, -0.2) is 4.39 Å². The van der Waals surface area contributed by atoms with Crippen molar-refractivity contribution in [1.82, 2.24) is 10.2 Å². The van der Waals surface area contributed by atoms with Crippen LogP contribution in [-0.4, -0.2) is 47.4 Å². The molecule has 1 aliphatic carbocycles. The molecule has 2 aliphatic rings. The third-order valence-corrected chi connectivity index (χ3v) is 6.19. The van der Waals surface area contributed by atoms with Crippen LogP contribution in [0.3, 0.4) is 0 Å². The number of hydrogen-bond donors (Lipinski definition) is 2. The summed E-state index contributed by atoms with van der Waals surface area (Å²) >= 11 is 5.99. The lowest BCUT2D eigenvalue weighted by molar-refractivity contribution is -0.147. The molecular formula is C22H25ClFN3O3. The van der Waals surface area contributed by atoms with Crippen LogP contribution < -0.4 is 11.1 Å². The molecule has 30 heavy (non-hydrogen) atoms. The molecule has 3 amide bonds. The Kier molecular flexibility index (Phi) is 6.37. The lowest BCUT2D eigenvalue weighted by atomic mass is 9.58. The quantitative estimate of drug-likeness (QED) is 0.671. The molecule has 1 heterocycles. The summed E-state index contributed by atoms with van der Waals surface area (Å²) < 4.78 is 14.3. The fraction of sp³-hybridized carbons (Fsp3) is 0.500. The minimum Gasteiger partial charge on any atom is -0.370 e. The van der Waals surface area contributed by atoms with E-state index in [2.05, 4.69) is 18.2 Å². The van der Waals surface area contributed by atoms with E-state index in [-0.39, 0.29) is 25.3 Å². The maximum Gasteiger partial charge on any atom is 0.243 e. The Balaban J connectivity index is 1.83. The minimum absolute atomic E-state index is 0.113. The molecule has 8 heteroatoms. The number of nitrogens with zero attached hydrogens (tertiary/aromatic N) is 1. The number of terminal acetylenes is 1. The van der Waals surface area contributed by atoms with Crippen LogP contribution in [-0.2, 0) is 19.8 Å². The van der Waals surface area contributed by atoms with Gasteiger partial charge in [0, 0.05) is 11.4 Å². The average molecular weight is 434 g/mol. The zero-order valence-corrected chi connectivity index (χ0v) is 17.5. The maximum atomic E-state index is 14.3. The van der Waals surface area contributed by atoms with Crippen molar-refractivity contribution in [3.05, 3.63) is 34.9 Å². The van der Waals surface area contributed by atoms with Crippen LogP contribution >= 0.6 is 11.6 Å². The number of nitrogens with two attached hydrogens (primary N) is 1. The maximum absolute atomic E-state index is 14.3. The standard InChI is InChI=1S/C22H25ClFN3O3/c1-3-17(9-19(25)28)26-20(29)18-8-16(24)12-27(18)21(30)22(10-13(2)11-22)14-4-6-15(23)7-5-14/h1,4-7,13,16-18H,8-12H2,2H3,(H2,25,28)(H,26,29)/t13?,16-,17-,18+,22?/m1/s1. The molecule has 1 saturated heterocycles. The van der Waals surface area contributed by atoms with Crippen molar-refractivity contribution < 1.29 is 18.8 Å². The number of hydrogen-bond acceptors (Lipinski definition) is 3. The fourth-order valence-electron chi connectivity index (χ4n) is 4.59. The monoisotopic (exact) mass is 433 g/mol. The molecule has 0 bridgehead atoms. The van der Waals surface area contributed by atoms with E-state index in [4.69, 9.17) is 23.8 Å². The zero-order valence-electron chi connectivity index (χ0n) is 16.7. The van der Waals surface area contributed by atoms with E-state index >= 15 is 0 Å². The van der Waals surface area contributed by atoms with Crippen LogP contribution in [0.4, 0.5) is 4.39 Å². The van der Waals surface area contributed by atoms with Crippen LogP contribution in [0.15, 0.2) is 24.3 Å². The van der Waals surface area contributed by atoms with Crippen molar-refractivity contribution in [3.63, 3.8) is 0 Å². The van der Waals surface area contributed by atoms with Gasteiger partial charge >= 0.3 is 0 Å². The van der Waals surface area contributed by atoms with Crippen molar-refractivity contribution in [2.45, 2.75) is 56.3 Å². The summed E-state index contributed by atoms with van der Waals surface area (Å²) in [5.74, 6) is 1.12. The first kappa shape index (κ1) is 22.1. The number of primary amides is 1. The third-order valence-electron chi connectivity index (χ3n) is 5.94. The second kappa shape index (κ2) is 8.65. The highest BCUT2D eigenvalue weighted by Crippen LogP contribution is 2.50. The summed E-state index contributed by atoms with van der Waals surface area (Å²) in [5.41, 5.74) is 5.16. The van der Waals surface area contributed by atoms with Gasteiger partial charge in [-0.05, 0) is 36.5 Å². The first-order valence-corrected chi connectivity index (χ1v) is 10.3. The van der Waals surface area contributed by atoms with Crippen LogP contribution in [0, 0.1) is 18.3 Å². The molecule has 3 atom stereocenters. The predicted octanol–water partition coefficient (Wildman–Crippen LogP) is 1.94. The van der Waals surface area contributed by atoms with Gasteiger partial charge in [-0.1, -0.05) is 36.6 Å². The number of carbonyl (C=O) groups excluding carboxylic acids is 3. The highest BCUT2D eigenvalue weighted by Gasteiger charge is 2.54. The third kappa shape index (κ3) is 4.29. The van der Waals surface area contributed by atoms with Gasteiger partial charge in [0.2, 0.25) is 17.7 Å². The van der Waals surface area contributed by atoms with Gasteiger partial charge in [0.25, 0.3) is 0 Å². The Hall–Kier alpha value is -2.59. The van der Waals surface area contributed by atoms with Crippen molar-refractivity contribution in [2.24, 2.45) is 11.7 Å². The van der Waals surface area contributed by atoms with Gasteiger partial charge in [-0.15, -0.1) is 6.42 Å². The molecule has 0 radical (unpaired) electrons. The van der Waals surface area contributed by atoms with E-state index in [1.54, 1.807) is 12.1 Å². The van der Waals surface area contributed by atoms with Gasteiger partial charge in [0.15, 0.2) is 0 Å². The number of amides is 3. The summed E-state index contributed by atoms with van der Waals surface area (Å²) in [6.45, 7) is 1.89. The van der Waals surface area contributed by atoms with E-state index in [9.17, 15) is 18.8 Å². The van der Waals surface area contributed by atoms with E-state index in [1.165, 1.54) is 4.90 Å². The number of benzene rings is 1. The molecule has 0 spiro atoms. The molecule has 0 unspecified atom stereocenters. The highest BCUT2D eigenvalue weighted by atomic mass is 35.5. The number of rotatable bonds is 6. The normalized spacial score (nSPS) is 28.9.